The van der Waals surface area contributed by atoms with Crippen LogP contribution in [0.4, 0.5) is 0 Å². The smallest absolute Gasteiger partial charge is 0.330 e. The number of nitrogens with one attached hydrogen (secondary N) is 1. The molecule has 1 aromatic heterocycles. The minimum absolute atomic E-state index is 0.266. The molecule has 0 radical (unpaired) electrons. The van der Waals surface area contributed by atoms with E-state index in [-0.39, 0.29) is 11.2 Å². The third-order valence-electron chi connectivity index (χ3n) is 3.62. The molecule has 0 spiro atoms. The Balaban J connectivity index is 1.71. The van der Waals surface area contributed by atoms with Crippen LogP contribution >= 0.6 is 0 Å². The van der Waals surface area contributed by atoms with Crippen LogP contribution in [0.25, 0.3) is 0 Å². The molecular formula is C14H23N3O3. The zero-order chi connectivity index (χ0) is 14.5. The van der Waals surface area contributed by atoms with Crippen molar-refractivity contribution in [3.63, 3.8) is 0 Å². The molecule has 1 aliphatic carbocycles. The van der Waals surface area contributed by atoms with Gasteiger partial charge in [0.25, 0.3) is 5.56 Å². The molecule has 112 valence electrons. The summed E-state index contributed by atoms with van der Waals surface area (Å²) >= 11 is 0. The van der Waals surface area contributed by atoms with Crippen LogP contribution in [0.3, 0.4) is 0 Å². The summed E-state index contributed by atoms with van der Waals surface area (Å²) in [5.41, 5.74) is 0.150. The molecular weight excluding hydrogens is 258 g/mol. The number of ether oxygens (including phenoxy) is 1. The Morgan fingerprint density at radius 2 is 2.05 bits per heavy atom. The fourth-order valence-electron chi connectivity index (χ4n) is 2.00. The highest BCUT2D eigenvalue weighted by Gasteiger charge is 2.20. The SMILES string of the molecule is Cn1c(CNCCCOCC2CC2)cc(=O)n(C)c1=O. The summed E-state index contributed by atoms with van der Waals surface area (Å²) in [6, 6.07) is 1.50. The second kappa shape index (κ2) is 6.85. The van der Waals surface area contributed by atoms with Gasteiger partial charge in [-0.3, -0.25) is 13.9 Å². The number of hydrogen-bond donors (Lipinski definition) is 1. The number of hydrogen-bond acceptors (Lipinski definition) is 4. The molecule has 0 unspecified atom stereocenters. The average molecular weight is 281 g/mol. The van der Waals surface area contributed by atoms with Crippen LogP contribution in [0.15, 0.2) is 15.7 Å². The van der Waals surface area contributed by atoms with E-state index < -0.39 is 0 Å². The first-order chi connectivity index (χ1) is 9.59. The summed E-state index contributed by atoms with van der Waals surface area (Å²) in [6.45, 7) is 2.99. The van der Waals surface area contributed by atoms with E-state index in [1.807, 2.05) is 0 Å². The molecule has 0 bridgehead atoms. The standard InChI is InChI=1S/C14H23N3O3/c1-16-12(8-13(18)17(2)14(16)19)9-15-6-3-7-20-10-11-4-5-11/h8,11,15H,3-7,9-10H2,1-2H3. The third kappa shape index (κ3) is 4.05. The van der Waals surface area contributed by atoms with Gasteiger partial charge in [-0.05, 0) is 31.7 Å². The van der Waals surface area contributed by atoms with Crippen molar-refractivity contribution < 1.29 is 4.74 Å². The minimum atomic E-state index is -0.290. The van der Waals surface area contributed by atoms with E-state index in [0.29, 0.717) is 12.2 Å². The van der Waals surface area contributed by atoms with Gasteiger partial charge in [0.1, 0.15) is 0 Å². The van der Waals surface area contributed by atoms with Crippen molar-refractivity contribution in [1.29, 1.82) is 0 Å². The lowest BCUT2D eigenvalue weighted by Gasteiger charge is -2.10. The first kappa shape index (κ1) is 15.0. The molecule has 0 atom stereocenters. The van der Waals surface area contributed by atoms with E-state index in [2.05, 4.69) is 5.32 Å². The molecule has 1 heterocycles. The van der Waals surface area contributed by atoms with Crippen molar-refractivity contribution in [3.05, 3.63) is 32.6 Å². The lowest BCUT2D eigenvalue weighted by atomic mass is 10.3. The van der Waals surface area contributed by atoms with Crippen LogP contribution < -0.4 is 16.6 Å². The monoisotopic (exact) mass is 281 g/mol. The Kier molecular flexibility index (Phi) is 5.14. The molecule has 20 heavy (non-hydrogen) atoms. The number of rotatable bonds is 8. The summed E-state index contributed by atoms with van der Waals surface area (Å²) < 4.78 is 8.14. The van der Waals surface area contributed by atoms with Crippen LogP contribution in [0.5, 0.6) is 0 Å². The fraction of sp³-hybridized carbons (Fsp3) is 0.714. The molecule has 2 rings (SSSR count). The second-order valence-electron chi connectivity index (χ2n) is 5.42. The van der Waals surface area contributed by atoms with Gasteiger partial charge in [-0.25, -0.2) is 4.79 Å². The van der Waals surface area contributed by atoms with Crippen LogP contribution in [-0.2, 0) is 25.4 Å². The summed E-state index contributed by atoms with van der Waals surface area (Å²) in [4.78, 5) is 23.3. The average Bonchev–Trinajstić information content (AvgIpc) is 3.25. The Morgan fingerprint density at radius 1 is 1.30 bits per heavy atom. The van der Waals surface area contributed by atoms with Crippen LogP contribution in [0, 0.1) is 5.92 Å². The van der Waals surface area contributed by atoms with Crippen LogP contribution in [0.2, 0.25) is 0 Å². The lowest BCUT2D eigenvalue weighted by Crippen LogP contribution is -2.39. The van der Waals surface area contributed by atoms with Gasteiger partial charge in [-0.2, -0.15) is 0 Å². The van der Waals surface area contributed by atoms with Crippen LogP contribution in [0.1, 0.15) is 25.0 Å². The predicted octanol–water partition coefficient (Wildman–Crippen LogP) is -0.00970. The molecule has 0 aromatic carbocycles. The molecule has 0 aliphatic heterocycles. The Labute approximate surface area is 118 Å². The predicted molar refractivity (Wildman–Crippen MR) is 76.8 cm³/mol. The highest BCUT2D eigenvalue weighted by molar-refractivity contribution is 5.01. The molecule has 1 aromatic rings. The van der Waals surface area contributed by atoms with Gasteiger partial charge in [0.15, 0.2) is 0 Å². The quantitative estimate of drug-likeness (QED) is 0.681. The molecule has 0 saturated heterocycles. The summed E-state index contributed by atoms with van der Waals surface area (Å²) in [5.74, 6) is 0.804. The summed E-state index contributed by atoms with van der Waals surface area (Å²) in [7, 11) is 3.16. The molecule has 1 N–H and O–H groups in total. The maximum atomic E-state index is 11.7. The lowest BCUT2D eigenvalue weighted by molar-refractivity contribution is 0.122. The van der Waals surface area contributed by atoms with Gasteiger partial charge in [0, 0.05) is 45.6 Å². The highest BCUT2D eigenvalue weighted by atomic mass is 16.5. The maximum absolute atomic E-state index is 11.7. The summed E-state index contributed by atoms with van der Waals surface area (Å²) in [6.07, 6.45) is 3.57. The topological polar surface area (TPSA) is 65.3 Å². The van der Waals surface area contributed by atoms with Gasteiger partial charge in [-0.1, -0.05) is 0 Å². The van der Waals surface area contributed by atoms with Gasteiger partial charge in [0.2, 0.25) is 0 Å². The first-order valence-corrected chi connectivity index (χ1v) is 7.14. The molecule has 0 amide bonds. The van der Waals surface area contributed by atoms with E-state index in [4.69, 9.17) is 4.74 Å². The Bertz CT molecular complexity index is 558. The highest BCUT2D eigenvalue weighted by Crippen LogP contribution is 2.28. The molecule has 1 fully saturated rings. The van der Waals surface area contributed by atoms with Crippen LogP contribution in [-0.4, -0.2) is 28.9 Å². The first-order valence-electron chi connectivity index (χ1n) is 7.14. The molecule has 1 aliphatic rings. The molecule has 6 heteroatoms. The van der Waals surface area contributed by atoms with Gasteiger partial charge >= 0.3 is 5.69 Å². The zero-order valence-corrected chi connectivity index (χ0v) is 12.2. The minimum Gasteiger partial charge on any atom is -0.381 e. The van der Waals surface area contributed by atoms with E-state index in [0.717, 1.165) is 36.7 Å². The maximum Gasteiger partial charge on any atom is 0.330 e. The third-order valence-corrected chi connectivity index (χ3v) is 3.62. The largest absolute Gasteiger partial charge is 0.381 e. The molecule has 1 saturated carbocycles. The van der Waals surface area contributed by atoms with Gasteiger partial charge < -0.3 is 10.1 Å². The number of aromatic nitrogens is 2. The van der Waals surface area contributed by atoms with Gasteiger partial charge in [0.05, 0.1) is 0 Å². The van der Waals surface area contributed by atoms with E-state index in [1.54, 1.807) is 7.05 Å². The van der Waals surface area contributed by atoms with E-state index >= 15 is 0 Å². The van der Waals surface area contributed by atoms with Crippen molar-refractivity contribution in [1.82, 2.24) is 14.5 Å². The van der Waals surface area contributed by atoms with E-state index in [1.165, 1.54) is 30.5 Å². The van der Waals surface area contributed by atoms with Crippen molar-refractivity contribution >= 4 is 0 Å². The second-order valence-corrected chi connectivity index (χ2v) is 5.42. The Hall–Kier alpha value is -1.40. The number of nitrogens with zero attached hydrogens (tertiary/aromatic N) is 2. The van der Waals surface area contributed by atoms with Crippen molar-refractivity contribution in [2.75, 3.05) is 19.8 Å². The Morgan fingerprint density at radius 3 is 2.75 bits per heavy atom. The van der Waals surface area contributed by atoms with Crippen molar-refractivity contribution in [2.45, 2.75) is 25.8 Å². The molecule has 6 nitrogen and oxygen atoms in total. The summed E-state index contributed by atoms with van der Waals surface area (Å²) in [5, 5.41) is 3.23. The normalized spacial score (nSPS) is 14.7. The fourth-order valence-corrected chi connectivity index (χ4v) is 2.00. The van der Waals surface area contributed by atoms with E-state index in [9.17, 15) is 9.59 Å². The zero-order valence-electron chi connectivity index (χ0n) is 12.2. The van der Waals surface area contributed by atoms with Gasteiger partial charge in [-0.15, -0.1) is 0 Å². The van der Waals surface area contributed by atoms with Crippen molar-refractivity contribution in [2.24, 2.45) is 20.0 Å². The van der Waals surface area contributed by atoms with Crippen molar-refractivity contribution in [3.8, 4) is 0 Å².